The van der Waals surface area contributed by atoms with Gasteiger partial charge in [0, 0.05) is 18.8 Å². The molecule has 4 heterocycles. The van der Waals surface area contributed by atoms with Crippen molar-refractivity contribution in [2.45, 2.75) is 13.5 Å². The molecule has 4 aromatic heterocycles. The lowest BCUT2D eigenvalue weighted by Crippen LogP contribution is -2.34. The van der Waals surface area contributed by atoms with Gasteiger partial charge in [0.25, 0.3) is 17.0 Å². The van der Waals surface area contributed by atoms with Crippen LogP contribution in [-0.4, -0.2) is 32.2 Å². The van der Waals surface area contributed by atoms with Crippen molar-refractivity contribution in [2.75, 3.05) is 6.54 Å². The Hall–Kier alpha value is -3.37. The number of aryl methyl sites for hydroxylation is 1. The van der Waals surface area contributed by atoms with E-state index >= 15 is 0 Å². The quantitative estimate of drug-likeness (QED) is 0.480. The summed E-state index contributed by atoms with van der Waals surface area (Å²) >= 11 is 3.15. The summed E-state index contributed by atoms with van der Waals surface area (Å²) in [5.41, 5.74) is 0.782. The third-order valence-corrected chi connectivity index (χ3v) is 6.52. The van der Waals surface area contributed by atoms with Gasteiger partial charge < -0.3 is 10.3 Å². The molecule has 0 fully saturated rings. The number of aromatic amines is 1. The Morgan fingerprint density at radius 2 is 2.07 bits per heavy atom. The van der Waals surface area contributed by atoms with Gasteiger partial charge in [0.15, 0.2) is 0 Å². The monoisotopic (exact) mass is 439 g/mol. The first kappa shape index (κ1) is 19.9. The molecule has 0 spiro atoms. The molecule has 0 aliphatic carbocycles. The largest absolute Gasteiger partial charge is 0.350 e. The predicted molar refractivity (Wildman–Crippen MR) is 117 cm³/mol. The fraction of sp³-hybridized carbons (Fsp3) is 0.150. The molecule has 0 aliphatic heterocycles. The summed E-state index contributed by atoms with van der Waals surface area (Å²) in [5, 5.41) is 10.0. The molecule has 8 nitrogen and oxygen atoms in total. The third kappa shape index (κ3) is 4.14. The number of hydrogen-bond acceptors (Lipinski definition) is 7. The fourth-order valence-electron chi connectivity index (χ4n) is 2.84. The first-order valence-electron chi connectivity index (χ1n) is 9.08. The van der Waals surface area contributed by atoms with E-state index in [1.807, 2.05) is 24.4 Å². The number of amides is 1. The van der Waals surface area contributed by atoms with Gasteiger partial charge in [-0.2, -0.15) is 5.10 Å². The first-order valence-corrected chi connectivity index (χ1v) is 10.8. The highest BCUT2D eigenvalue weighted by Gasteiger charge is 2.14. The zero-order chi connectivity index (χ0) is 21.1. The van der Waals surface area contributed by atoms with E-state index in [1.54, 1.807) is 23.5 Å². The topological polar surface area (TPSA) is 110 Å². The van der Waals surface area contributed by atoms with Crippen molar-refractivity contribution in [3.63, 3.8) is 0 Å². The van der Waals surface area contributed by atoms with Crippen LogP contribution in [0.1, 0.15) is 16.1 Å². The van der Waals surface area contributed by atoms with Crippen molar-refractivity contribution in [3.05, 3.63) is 79.9 Å². The minimum atomic E-state index is -0.500. The third-order valence-electron chi connectivity index (χ3n) is 4.30. The summed E-state index contributed by atoms with van der Waals surface area (Å²) in [6.45, 7) is 2.25. The van der Waals surface area contributed by atoms with E-state index in [2.05, 4.69) is 20.4 Å². The number of rotatable bonds is 6. The lowest BCUT2D eigenvalue weighted by Gasteiger charge is -2.08. The number of thiazole rings is 1. The van der Waals surface area contributed by atoms with Crippen LogP contribution in [0.25, 0.3) is 20.5 Å². The molecule has 0 saturated heterocycles. The van der Waals surface area contributed by atoms with Crippen LogP contribution in [0.15, 0.2) is 57.6 Å². The standard InChI is InChI=1S/C20H17N5O3S2/c1-12-17(30-20(23-12)15-5-3-11-29-15)14-6-7-16(26)25(24-14)10-9-22-19(28)13-4-2-8-21-18(13)27/h2-8,11H,9-10H2,1H3,(H,21,27)(H,22,28). The number of nitrogens with one attached hydrogen (secondary N) is 2. The fourth-order valence-corrected chi connectivity index (χ4v) is 4.67. The van der Waals surface area contributed by atoms with Crippen LogP contribution in [0.5, 0.6) is 0 Å². The summed E-state index contributed by atoms with van der Waals surface area (Å²) in [7, 11) is 0. The normalized spacial score (nSPS) is 10.8. The number of carbonyl (C=O) groups is 1. The van der Waals surface area contributed by atoms with Crippen LogP contribution >= 0.6 is 22.7 Å². The van der Waals surface area contributed by atoms with Gasteiger partial charge in [-0.05, 0) is 36.6 Å². The van der Waals surface area contributed by atoms with Gasteiger partial charge in [0.2, 0.25) is 0 Å². The van der Waals surface area contributed by atoms with Crippen molar-refractivity contribution < 1.29 is 4.79 Å². The van der Waals surface area contributed by atoms with Crippen molar-refractivity contribution >= 4 is 28.6 Å². The smallest absolute Gasteiger partial charge is 0.266 e. The van der Waals surface area contributed by atoms with E-state index in [0.717, 1.165) is 20.5 Å². The minimum absolute atomic E-state index is 0.0212. The van der Waals surface area contributed by atoms with Gasteiger partial charge in [0.1, 0.15) is 16.3 Å². The summed E-state index contributed by atoms with van der Waals surface area (Å²) in [6.07, 6.45) is 1.46. The lowest BCUT2D eigenvalue weighted by molar-refractivity contribution is 0.0950. The summed E-state index contributed by atoms with van der Waals surface area (Å²) in [6, 6.07) is 10.1. The highest BCUT2D eigenvalue weighted by Crippen LogP contribution is 2.35. The number of H-pyrrole nitrogens is 1. The summed E-state index contributed by atoms with van der Waals surface area (Å²) in [4.78, 5) is 45.1. The van der Waals surface area contributed by atoms with E-state index in [4.69, 9.17) is 0 Å². The summed E-state index contributed by atoms with van der Waals surface area (Å²) in [5.74, 6) is -0.500. The second-order valence-electron chi connectivity index (χ2n) is 6.36. The molecule has 30 heavy (non-hydrogen) atoms. The molecule has 0 bridgehead atoms. The van der Waals surface area contributed by atoms with E-state index in [0.29, 0.717) is 5.69 Å². The Bertz CT molecular complexity index is 1300. The molecule has 10 heteroatoms. The van der Waals surface area contributed by atoms with Crippen LogP contribution in [0.2, 0.25) is 0 Å². The van der Waals surface area contributed by atoms with Gasteiger partial charge in [-0.15, -0.1) is 22.7 Å². The number of aromatic nitrogens is 4. The first-order chi connectivity index (χ1) is 14.5. The Balaban J connectivity index is 1.50. The lowest BCUT2D eigenvalue weighted by atomic mass is 10.2. The van der Waals surface area contributed by atoms with E-state index in [-0.39, 0.29) is 24.2 Å². The van der Waals surface area contributed by atoms with Crippen molar-refractivity contribution in [1.82, 2.24) is 25.1 Å². The van der Waals surface area contributed by atoms with Crippen LogP contribution in [-0.2, 0) is 6.54 Å². The van der Waals surface area contributed by atoms with E-state index < -0.39 is 11.5 Å². The van der Waals surface area contributed by atoms with Gasteiger partial charge in [0.05, 0.1) is 22.0 Å². The number of nitrogens with zero attached hydrogens (tertiary/aromatic N) is 3. The van der Waals surface area contributed by atoms with Crippen molar-refractivity contribution in [3.8, 4) is 20.5 Å². The predicted octanol–water partition coefficient (Wildman–Crippen LogP) is 2.52. The molecule has 2 N–H and O–H groups in total. The second kappa shape index (κ2) is 8.56. The van der Waals surface area contributed by atoms with Gasteiger partial charge in [-0.25, -0.2) is 9.67 Å². The van der Waals surface area contributed by atoms with Crippen LogP contribution in [0, 0.1) is 6.92 Å². The Morgan fingerprint density at radius 3 is 2.83 bits per heavy atom. The molecular weight excluding hydrogens is 422 g/mol. The van der Waals surface area contributed by atoms with Gasteiger partial charge in [-0.1, -0.05) is 6.07 Å². The maximum atomic E-state index is 12.2. The average Bonchev–Trinajstić information content (AvgIpc) is 3.39. The van der Waals surface area contributed by atoms with Crippen molar-refractivity contribution in [2.24, 2.45) is 0 Å². The number of pyridine rings is 1. The SMILES string of the molecule is Cc1nc(-c2cccs2)sc1-c1ccc(=O)n(CCNC(=O)c2ccc[nH]c2=O)n1. The highest BCUT2D eigenvalue weighted by molar-refractivity contribution is 7.23. The molecule has 152 valence electrons. The average molecular weight is 440 g/mol. The maximum absolute atomic E-state index is 12.2. The molecule has 0 atom stereocenters. The Kier molecular flexibility index (Phi) is 5.68. The zero-order valence-corrected chi connectivity index (χ0v) is 17.5. The number of hydrogen-bond donors (Lipinski definition) is 2. The maximum Gasteiger partial charge on any atom is 0.266 e. The molecule has 4 aromatic rings. The van der Waals surface area contributed by atoms with E-state index in [9.17, 15) is 14.4 Å². The van der Waals surface area contributed by atoms with Gasteiger partial charge >= 0.3 is 0 Å². The number of thiophene rings is 1. The zero-order valence-electron chi connectivity index (χ0n) is 15.9. The van der Waals surface area contributed by atoms with E-state index in [1.165, 1.54) is 34.3 Å². The second-order valence-corrected chi connectivity index (χ2v) is 8.31. The molecular formula is C20H17N5O3S2. The Morgan fingerprint density at radius 1 is 1.20 bits per heavy atom. The molecule has 0 saturated carbocycles. The molecule has 0 aromatic carbocycles. The highest BCUT2D eigenvalue weighted by atomic mass is 32.1. The van der Waals surface area contributed by atoms with Gasteiger partial charge in [-0.3, -0.25) is 14.4 Å². The molecule has 4 rings (SSSR count). The molecule has 1 amide bonds. The molecule has 0 unspecified atom stereocenters. The molecule has 0 aliphatic rings. The van der Waals surface area contributed by atoms with Crippen LogP contribution < -0.4 is 16.4 Å². The Labute approximate surface area is 178 Å². The number of carbonyl (C=O) groups excluding carboxylic acids is 1. The summed E-state index contributed by atoms with van der Waals surface area (Å²) < 4.78 is 1.30. The van der Waals surface area contributed by atoms with Crippen molar-refractivity contribution in [1.29, 1.82) is 0 Å². The van der Waals surface area contributed by atoms with Crippen LogP contribution in [0.3, 0.4) is 0 Å². The molecule has 0 radical (unpaired) electrons. The van der Waals surface area contributed by atoms with Crippen LogP contribution in [0.4, 0.5) is 0 Å². The minimum Gasteiger partial charge on any atom is -0.350 e.